The fourth-order valence-electron chi connectivity index (χ4n) is 2.94. The maximum atomic E-state index is 11.4. The van der Waals surface area contributed by atoms with Crippen molar-refractivity contribution >= 4 is 29.2 Å². The van der Waals surface area contributed by atoms with E-state index in [0.717, 1.165) is 0 Å². The maximum Gasteiger partial charge on any atom is 0.332 e. The molecular weight excluding hydrogens is 339 g/mol. The predicted molar refractivity (Wildman–Crippen MR) is 86.7 cm³/mol. The second-order valence-corrected chi connectivity index (χ2v) is 6.29. The Hall–Kier alpha value is -1.59. The molecule has 1 aliphatic heterocycles. The number of aliphatic hydroxyl groups is 1. The van der Waals surface area contributed by atoms with Crippen LogP contribution in [0, 0.1) is 0 Å². The number of aliphatic carboxylic acids is 1. The topological polar surface area (TPSA) is 66.8 Å². The van der Waals surface area contributed by atoms with Crippen molar-refractivity contribution < 1.29 is 19.7 Å². The van der Waals surface area contributed by atoms with Crippen LogP contribution in [0.25, 0.3) is 0 Å². The summed E-state index contributed by atoms with van der Waals surface area (Å²) >= 11 is 12.4. The Morgan fingerprint density at radius 3 is 2.30 bits per heavy atom. The molecule has 2 aromatic carbocycles. The van der Waals surface area contributed by atoms with Gasteiger partial charge in [0.15, 0.2) is 6.10 Å². The van der Waals surface area contributed by atoms with Crippen LogP contribution < -0.4 is 0 Å². The highest BCUT2D eigenvalue weighted by Gasteiger charge is 2.52. The first kappa shape index (κ1) is 16.3. The van der Waals surface area contributed by atoms with Crippen LogP contribution in [0.4, 0.5) is 0 Å². The number of carboxylic acid groups (broad SMARTS) is 1. The van der Waals surface area contributed by atoms with Crippen LogP contribution in [0.1, 0.15) is 23.7 Å². The Bertz CT molecular complexity index is 749. The molecule has 0 aromatic heterocycles. The van der Waals surface area contributed by atoms with E-state index >= 15 is 0 Å². The molecule has 6 heteroatoms. The lowest BCUT2D eigenvalue weighted by Crippen LogP contribution is -2.30. The lowest BCUT2D eigenvalue weighted by atomic mass is 9.83. The van der Waals surface area contributed by atoms with Crippen molar-refractivity contribution in [2.75, 3.05) is 0 Å². The van der Waals surface area contributed by atoms with E-state index in [1.807, 2.05) is 0 Å². The zero-order chi connectivity index (χ0) is 16.6. The second-order valence-electron chi connectivity index (χ2n) is 5.47. The van der Waals surface area contributed by atoms with Crippen LogP contribution in [-0.4, -0.2) is 22.3 Å². The number of carboxylic acids is 1. The average molecular weight is 353 g/mol. The highest BCUT2D eigenvalue weighted by molar-refractivity contribution is 6.32. The number of carbonyl (C=O) groups is 1. The second kappa shape index (κ2) is 6.13. The first-order valence-corrected chi connectivity index (χ1v) is 7.79. The molecule has 1 unspecified atom stereocenters. The van der Waals surface area contributed by atoms with Crippen molar-refractivity contribution in [1.82, 2.24) is 0 Å². The summed E-state index contributed by atoms with van der Waals surface area (Å²) in [5.74, 6) is -1.13. The number of halogens is 2. The summed E-state index contributed by atoms with van der Waals surface area (Å²) in [6.07, 6.45) is -2.17. The van der Waals surface area contributed by atoms with Crippen LogP contribution in [0.5, 0.6) is 0 Å². The van der Waals surface area contributed by atoms with Gasteiger partial charge in [-0.3, -0.25) is 0 Å². The maximum absolute atomic E-state index is 11.4. The molecule has 23 heavy (non-hydrogen) atoms. The van der Waals surface area contributed by atoms with Crippen LogP contribution in [-0.2, 0) is 15.1 Å². The summed E-state index contributed by atoms with van der Waals surface area (Å²) in [5, 5.41) is 21.3. The van der Waals surface area contributed by atoms with Gasteiger partial charge in [0, 0.05) is 27.6 Å². The Kier molecular flexibility index (Phi) is 4.34. The summed E-state index contributed by atoms with van der Waals surface area (Å²) in [5.41, 5.74) is -0.623. The number of ether oxygens (including phenoxy) is 1. The van der Waals surface area contributed by atoms with Gasteiger partial charge in [-0.25, -0.2) is 4.79 Å². The first-order valence-electron chi connectivity index (χ1n) is 7.03. The molecule has 1 heterocycles. The number of benzene rings is 2. The third-order valence-electron chi connectivity index (χ3n) is 4.03. The van der Waals surface area contributed by atoms with Gasteiger partial charge in [0.1, 0.15) is 11.7 Å². The molecular formula is C17H14Cl2O4. The molecule has 120 valence electrons. The molecule has 0 saturated carbocycles. The largest absolute Gasteiger partial charge is 0.479 e. The van der Waals surface area contributed by atoms with Crippen molar-refractivity contribution in [2.45, 2.75) is 24.2 Å². The Morgan fingerprint density at radius 1 is 1.09 bits per heavy atom. The molecule has 0 bridgehead atoms. The van der Waals surface area contributed by atoms with Gasteiger partial charge >= 0.3 is 5.97 Å². The number of hydrogen-bond donors (Lipinski definition) is 2. The minimum absolute atomic E-state index is 0.109. The van der Waals surface area contributed by atoms with E-state index in [-0.39, 0.29) is 6.42 Å². The quantitative estimate of drug-likeness (QED) is 0.881. The predicted octanol–water partition coefficient (Wildman–Crippen LogP) is 3.80. The third kappa shape index (κ3) is 2.83. The smallest absolute Gasteiger partial charge is 0.332 e. The van der Waals surface area contributed by atoms with Crippen molar-refractivity contribution in [3.8, 4) is 0 Å². The fraction of sp³-hybridized carbons (Fsp3) is 0.235. The molecule has 0 spiro atoms. The van der Waals surface area contributed by atoms with Crippen molar-refractivity contribution in [1.29, 1.82) is 0 Å². The van der Waals surface area contributed by atoms with Gasteiger partial charge in [-0.1, -0.05) is 59.6 Å². The molecule has 0 aliphatic carbocycles. The molecule has 3 atom stereocenters. The molecule has 2 N–H and O–H groups in total. The Morgan fingerprint density at radius 2 is 1.70 bits per heavy atom. The number of hydrogen-bond acceptors (Lipinski definition) is 3. The lowest BCUT2D eigenvalue weighted by molar-refractivity contribution is -0.150. The van der Waals surface area contributed by atoms with Gasteiger partial charge in [0.05, 0.1) is 0 Å². The average Bonchev–Trinajstić information content (AvgIpc) is 2.87. The van der Waals surface area contributed by atoms with E-state index in [4.69, 9.17) is 27.9 Å². The minimum Gasteiger partial charge on any atom is -0.479 e. The van der Waals surface area contributed by atoms with Crippen LogP contribution in [0.15, 0.2) is 48.5 Å². The summed E-state index contributed by atoms with van der Waals surface area (Å²) in [6, 6.07) is 13.7. The van der Waals surface area contributed by atoms with Gasteiger partial charge in [-0.2, -0.15) is 0 Å². The van der Waals surface area contributed by atoms with Gasteiger partial charge in [-0.15, -0.1) is 0 Å². The SMILES string of the molecule is O=C(O)C1C[C@](O)(c2ccccc2Cl)[C@@H](c2ccccc2Cl)O1. The van der Waals surface area contributed by atoms with E-state index in [0.29, 0.717) is 21.2 Å². The summed E-state index contributed by atoms with van der Waals surface area (Å²) in [7, 11) is 0. The molecule has 1 saturated heterocycles. The summed E-state index contributed by atoms with van der Waals surface area (Å²) < 4.78 is 5.62. The van der Waals surface area contributed by atoms with Crippen LogP contribution in [0.3, 0.4) is 0 Å². The molecule has 1 aliphatic rings. The lowest BCUT2D eigenvalue weighted by Gasteiger charge is -2.30. The van der Waals surface area contributed by atoms with Crippen molar-refractivity contribution in [3.05, 3.63) is 69.7 Å². The van der Waals surface area contributed by atoms with Crippen LogP contribution in [0.2, 0.25) is 10.0 Å². The van der Waals surface area contributed by atoms with E-state index < -0.39 is 23.8 Å². The minimum atomic E-state index is -1.58. The van der Waals surface area contributed by atoms with E-state index in [9.17, 15) is 15.0 Å². The monoisotopic (exact) mass is 352 g/mol. The molecule has 1 fully saturated rings. The van der Waals surface area contributed by atoms with Crippen LogP contribution >= 0.6 is 23.2 Å². The molecule has 3 rings (SSSR count). The summed E-state index contributed by atoms with van der Waals surface area (Å²) in [6.45, 7) is 0. The molecule has 2 aromatic rings. The van der Waals surface area contributed by atoms with Gasteiger partial charge < -0.3 is 14.9 Å². The van der Waals surface area contributed by atoms with E-state index in [1.165, 1.54) is 0 Å². The molecule has 4 nitrogen and oxygen atoms in total. The van der Waals surface area contributed by atoms with Crippen molar-refractivity contribution in [3.63, 3.8) is 0 Å². The summed E-state index contributed by atoms with van der Waals surface area (Å²) in [4.78, 5) is 11.4. The zero-order valence-corrected chi connectivity index (χ0v) is 13.5. The zero-order valence-electron chi connectivity index (χ0n) is 11.9. The normalized spacial score (nSPS) is 27.1. The van der Waals surface area contributed by atoms with E-state index in [1.54, 1.807) is 48.5 Å². The van der Waals surface area contributed by atoms with Gasteiger partial charge in [0.2, 0.25) is 0 Å². The van der Waals surface area contributed by atoms with E-state index in [2.05, 4.69) is 0 Å². The van der Waals surface area contributed by atoms with Gasteiger partial charge in [-0.05, 0) is 12.1 Å². The molecule has 0 radical (unpaired) electrons. The molecule has 0 amide bonds. The highest BCUT2D eigenvalue weighted by atomic mass is 35.5. The van der Waals surface area contributed by atoms with Crippen molar-refractivity contribution in [2.24, 2.45) is 0 Å². The Balaban J connectivity index is 2.13. The standard InChI is InChI=1S/C17H14Cl2O4/c18-12-7-3-1-5-10(12)15-17(22,9-14(23-15)16(20)21)11-6-2-4-8-13(11)19/h1-8,14-15,22H,9H2,(H,20,21)/t14?,15-,17+/m1/s1. The van der Waals surface area contributed by atoms with Gasteiger partial charge in [0.25, 0.3) is 0 Å². The first-order chi connectivity index (χ1) is 10.9. The Labute approximate surface area is 143 Å². The highest BCUT2D eigenvalue weighted by Crippen LogP contribution is 2.51. The fourth-order valence-corrected chi connectivity index (χ4v) is 3.48. The number of rotatable bonds is 3. The third-order valence-corrected chi connectivity index (χ3v) is 4.71.